The molecule has 0 atom stereocenters. The number of nitrogens with one attached hydrogen (secondary N) is 1. The normalized spacial score (nSPS) is 15.8. The number of aromatic nitrogens is 1. The Bertz CT molecular complexity index is 606. The predicted molar refractivity (Wildman–Crippen MR) is 85.8 cm³/mol. The van der Waals surface area contributed by atoms with Crippen LogP contribution in [0.3, 0.4) is 0 Å². The van der Waals surface area contributed by atoms with Crippen molar-refractivity contribution >= 4 is 28.2 Å². The summed E-state index contributed by atoms with van der Waals surface area (Å²) >= 11 is 6.35. The number of pyridine rings is 1. The van der Waals surface area contributed by atoms with Crippen LogP contribution in [-0.4, -0.2) is 31.2 Å². The van der Waals surface area contributed by atoms with Crippen molar-refractivity contribution in [1.29, 1.82) is 0 Å². The zero-order valence-electron chi connectivity index (χ0n) is 11.8. The van der Waals surface area contributed by atoms with Gasteiger partial charge >= 0.3 is 0 Å². The van der Waals surface area contributed by atoms with Crippen molar-refractivity contribution < 1.29 is 0 Å². The van der Waals surface area contributed by atoms with E-state index in [9.17, 15) is 0 Å². The number of hydrogen-bond donors (Lipinski definition) is 1. The highest BCUT2D eigenvalue weighted by atomic mass is 35.5. The van der Waals surface area contributed by atoms with Crippen molar-refractivity contribution in [2.24, 2.45) is 0 Å². The van der Waals surface area contributed by atoms with E-state index in [1.54, 1.807) is 0 Å². The summed E-state index contributed by atoms with van der Waals surface area (Å²) in [6.07, 6.45) is 2.10. The van der Waals surface area contributed by atoms with Crippen LogP contribution < -0.4 is 10.2 Å². The molecule has 2 heterocycles. The number of fused-ring (bicyclic) bond motifs is 1. The SMILES string of the molecule is CCCc1cc(N2CCNCC2)c2cccc(Cl)c2n1. The van der Waals surface area contributed by atoms with Gasteiger partial charge in [0.05, 0.1) is 10.5 Å². The summed E-state index contributed by atoms with van der Waals surface area (Å²) < 4.78 is 0. The molecule has 0 spiro atoms. The van der Waals surface area contributed by atoms with Crippen LogP contribution in [0.25, 0.3) is 10.9 Å². The molecule has 1 fully saturated rings. The highest BCUT2D eigenvalue weighted by Crippen LogP contribution is 2.31. The van der Waals surface area contributed by atoms with E-state index in [-0.39, 0.29) is 0 Å². The van der Waals surface area contributed by atoms with Crippen LogP contribution in [0.1, 0.15) is 19.0 Å². The van der Waals surface area contributed by atoms with Gasteiger partial charge in [-0.1, -0.05) is 37.1 Å². The monoisotopic (exact) mass is 289 g/mol. The fourth-order valence-corrected chi connectivity index (χ4v) is 3.02. The van der Waals surface area contributed by atoms with E-state index >= 15 is 0 Å². The number of nitrogens with zero attached hydrogens (tertiary/aromatic N) is 2. The number of benzene rings is 1. The van der Waals surface area contributed by atoms with Gasteiger partial charge in [-0.05, 0) is 18.6 Å². The van der Waals surface area contributed by atoms with E-state index in [0.29, 0.717) is 0 Å². The van der Waals surface area contributed by atoms with Crippen molar-refractivity contribution in [3.8, 4) is 0 Å². The second kappa shape index (κ2) is 5.98. The first-order valence-electron chi connectivity index (χ1n) is 7.33. The summed E-state index contributed by atoms with van der Waals surface area (Å²) in [5.74, 6) is 0. The summed E-state index contributed by atoms with van der Waals surface area (Å²) in [6.45, 7) is 6.33. The van der Waals surface area contributed by atoms with Crippen LogP contribution in [0.2, 0.25) is 5.02 Å². The van der Waals surface area contributed by atoms with Crippen LogP contribution in [0.4, 0.5) is 5.69 Å². The Morgan fingerprint density at radius 1 is 1.30 bits per heavy atom. The molecule has 0 aliphatic carbocycles. The number of aryl methyl sites for hydroxylation is 1. The molecule has 4 heteroatoms. The van der Waals surface area contributed by atoms with Gasteiger partial charge in [-0.2, -0.15) is 0 Å². The molecular weight excluding hydrogens is 270 g/mol. The Hall–Kier alpha value is -1.32. The molecule has 106 valence electrons. The lowest BCUT2D eigenvalue weighted by Crippen LogP contribution is -2.43. The summed E-state index contributed by atoms with van der Waals surface area (Å²) in [4.78, 5) is 7.19. The second-order valence-corrected chi connectivity index (χ2v) is 5.66. The maximum atomic E-state index is 6.35. The summed E-state index contributed by atoms with van der Waals surface area (Å²) in [5.41, 5.74) is 3.36. The van der Waals surface area contributed by atoms with Crippen LogP contribution >= 0.6 is 11.6 Å². The smallest absolute Gasteiger partial charge is 0.0912 e. The number of anilines is 1. The molecule has 20 heavy (non-hydrogen) atoms. The average molecular weight is 290 g/mol. The quantitative estimate of drug-likeness (QED) is 0.940. The number of piperazine rings is 1. The lowest BCUT2D eigenvalue weighted by molar-refractivity contribution is 0.590. The standard InChI is InChI=1S/C16H20ClN3/c1-2-4-12-11-15(20-9-7-18-8-10-20)13-5-3-6-14(17)16(13)19-12/h3,5-6,11,18H,2,4,7-10H2,1H3. The van der Waals surface area contributed by atoms with Crippen LogP contribution in [0.5, 0.6) is 0 Å². The molecule has 1 N–H and O–H groups in total. The van der Waals surface area contributed by atoms with Gasteiger partial charge in [0.1, 0.15) is 0 Å². The van der Waals surface area contributed by atoms with Gasteiger partial charge in [-0.25, -0.2) is 0 Å². The Balaban J connectivity index is 2.14. The Kier molecular flexibility index (Phi) is 4.08. The highest BCUT2D eigenvalue weighted by molar-refractivity contribution is 6.35. The van der Waals surface area contributed by atoms with Crippen LogP contribution in [0, 0.1) is 0 Å². The van der Waals surface area contributed by atoms with Crippen LogP contribution in [0.15, 0.2) is 24.3 Å². The van der Waals surface area contributed by atoms with Crippen molar-refractivity contribution in [2.45, 2.75) is 19.8 Å². The van der Waals surface area contributed by atoms with Gasteiger partial charge in [-0.15, -0.1) is 0 Å². The third kappa shape index (κ3) is 2.60. The molecule has 0 unspecified atom stereocenters. The van der Waals surface area contributed by atoms with Gasteiger partial charge in [-0.3, -0.25) is 4.98 Å². The topological polar surface area (TPSA) is 28.2 Å². The molecule has 1 aromatic carbocycles. The maximum Gasteiger partial charge on any atom is 0.0912 e. The van der Waals surface area contributed by atoms with E-state index in [0.717, 1.165) is 55.3 Å². The fourth-order valence-electron chi connectivity index (χ4n) is 2.80. The molecular formula is C16H20ClN3. The first kappa shape index (κ1) is 13.7. The molecule has 3 rings (SSSR count). The number of para-hydroxylation sites is 1. The maximum absolute atomic E-state index is 6.35. The van der Waals surface area contributed by atoms with Gasteiger partial charge in [0.2, 0.25) is 0 Å². The van der Waals surface area contributed by atoms with Crippen LogP contribution in [-0.2, 0) is 6.42 Å². The number of hydrogen-bond acceptors (Lipinski definition) is 3. The molecule has 0 amide bonds. The van der Waals surface area contributed by atoms with E-state index in [1.807, 2.05) is 12.1 Å². The Labute approximate surface area is 124 Å². The van der Waals surface area contributed by atoms with Crippen molar-refractivity contribution in [3.05, 3.63) is 35.0 Å². The molecule has 3 nitrogen and oxygen atoms in total. The largest absolute Gasteiger partial charge is 0.368 e. The van der Waals surface area contributed by atoms with Gasteiger partial charge in [0.15, 0.2) is 0 Å². The molecule has 1 aliphatic heterocycles. The minimum atomic E-state index is 0.747. The lowest BCUT2D eigenvalue weighted by Gasteiger charge is -2.30. The summed E-state index contributed by atoms with van der Waals surface area (Å²) in [7, 11) is 0. The number of halogens is 1. The molecule has 2 aromatic rings. The minimum absolute atomic E-state index is 0.747. The molecule has 0 radical (unpaired) electrons. The van der Waals surface area contributed by atoms with E-state index < -0.39 is 0 Å². The average Bonchev–Trinajstić information content (AvgIpc) is 2.49. The van der Waals surface area contributed by atoms with Crippen molar-refractivity contribution in [1.82, 2.24) is 10.3 Å². The van der Waals surface area contributed by atoms with Gasteiger partial charge in [0, 0.05) is 42.9 Å². The third-order valence-electron chi connectivity index (χ3n) is 3.79. The Morgan fingerprint density at radius 2 is 2.10 bits per heavy atom. The second-order valence-electron chi connectivity index (χ2n) is 5.26. The molecule has 0 bridgehead atoms. The van der Waals surface area contributed by atoms with Gasteiger partial charge in [0.25, 0.3) is 0 Å². The number of rotatable bonds is 3. The predicted octanol–water partition coefficient (Wildman–Crippen LogP) is 3.25. The van der Waals surface area contributed by atoms with Crippen molar-refractivity contribution in [2.75, 3.05) is 31.1 Å². The zero-order chi connectivity index (χ0) is 13.9. The zero-order valence-corrected chi connectivity index (χ0v) is 12.6. The highest BCUT2D eigenvalue weighted by Gasteiger charge is 2.16. The first-order valence-corrected chi connectivity index (χ1v) is 7.71. The molecule has 1 aliphatic rings. The fraction of sp³-hybridized carbons (Fsp3) is 0.438. The summed E-state index contributed by atoms with van der Waals surface area (Å²) in [6, 6.07) is 8.31. The van der Waals surface area contributed by atoms with E-state index in [1.165, 1.54) is 11.1 Å². The summed E-state index contributed by atoms with van der Waals surface area (Å²) in [5, 5.41) is 5.31. The van der Waals surface area contributed by atoms with Gasteiger partial charge < -0.3 is 10.2 Å². The minimum Gasteiger partial charge on any atom is -0.368 e. The van der Waals surface area contributed by atoms with E-state index in [4.69, 9.17) is 16.6 Å². The molecule has 1 saturated heterocycles. The first-order chi connectivity index (χ1) is 9.79. The lowest BCUT2D eigenvalue weighted by atomic mass is 10.1. The molecule has 0 saturated carbocycles. The third-order valence-corrected chi connectivity index (χ3v) is 4.09. The molecule has 1 aromatic heterocycles. The van der Waals surface area contributed by atoms with Crippen molar-refractivity contribution in [3.63, 3.8) is 0 Å². The Morgan fingerprint density at radius 3 is 2.85 bits per heavy atom. The van der Waals surface area contributed by atoms with E-state index in [2.05, 4.69) is 29.3 Å².